The lowest BCUT2D eigenvalue weighted by Gasteiger charge is -2.27. The molecule has 2 heterocycles. The largest absolute Gasteiger partial charge is 0.378 e. The van der Waals surface area contributed by atoms with Crippen LogP contribution in [0.1, 0.15) is 0 Å². The third kappa shape index (κ3) is 3.72. The number of rotatable bonds is 4. The number of aromatic nitrogens is 2. The molecule has 1 aromatic carbocycles. The highest BCUT2D eigenvalue weighted by atomic mass is 35.5. The number of benzene rings is 1. The molecule has 1 fully saturated rings. The number of nitrogens with zero attached hydrogens (tertiary/aromatic N) is 3. The Bertz CT molecular complexity index is 777. The predicted octanol–water partition coefficient (Wildman–Crippen LogP) is 1.77. The Labute approximate surface area is 139 Å². The van der Waals surface area contributed by atoms with Gasteiger partial charge in [-0.2, -0.15) is 0 Å². The van der Waals surface area contributed by atoms with Gasteiger partial charge < -0.3 is 9.64 Å². The highest BCUT2D eigenvalue weighted by Crippen LogP contribution is 2.23. The SMILES string of the molecule is O=S(=O)(Nc1ccc(N2CCOCC2)nn1)c1ccccc1Cl. The van der Waals surface area contributed by atoms with Gasteiger partial charge in [0.2, 0.25) is 0 Å². The van der Waals surface area contributed by atoms with E-state index in [1.165, 1.54) is 12.1 Å². The molecule has 0 atom stereocenters. The van der Waals surface area contributed by atoms with E-state index in [2.05, 4.69) is 14.9 Å². The Balaban J connectivity index is 1.76. The Morgan fingerprint density at radius 3 is 2.48 bits per heavy atom. The van der Waals surface area contributed by atoms with Gasteiger partial charge in [0, 0.05) is 13.1 Å². The summed E-state index contributed by atoms with van der Waals surface area (Å²) in [4.78, 5) is 2.03. The molecule has 1 N–H and O–H groups in total. The van der Waals surface area contributed by atoms with E-state index >= 15 is 0 Å². The molecule has 0 radical (unpaired) electrons. The normalized spacial score (nSPS) is 15.4. The van der Waals surface area contributed by atoms with E-state index in [0.717, 1.165) is 13.1 Å². The van der Waals surface area contributed by atoms with E-state index < -0.39 is 10.0 Å². The van der Waals surface area contributed by atoms with Crippen molar-refractivity contribution in [3.63, 3.8) is 0 Å². The lowest BCUT2D eigenvalue weighted by molar-refractivity contribution is 0.122. The van der Waals surface area contributed by atoms with E-state index in [1.807, 2.05) is 4.90 Å². The number of sulfonamides is 1. The van der Waals surface area contributed by atoms with Crippen LogP contribution in [0.15, 0.2) is 41.3 Å². The summed E-state index contributed by atoms with van der Waals surface area (Å²) >= 11 is 5.93. The number of morpholine rings is 1. The Morgan fingerprint density at radius 2 is 1.83 bits per heavy atom. The van der Waals surface area contributed by atoms with Gasteiger partial charge in [-0.1, -0.05) is 23.7 Å². The van der Waals surface area contributed by atoms with Crippen LogP contribution in [0, 0.1) is 0 Å². The van der Waals surface area contributed by atoms with Gasteiger partial charge in [-0.25, -0.2) is 8.42 Å². The molecule has 0 spiro atoms. The van der Waals surface area contributed by atoms with Crippen molar-refractivity contribution in [1.82, 2.24) is 10.2 Å². The molecule has 1 aromatic heterocycles. The molecule has 1 aliphatic rings. The minimum absolute atomic E-state index is 0.000669. The minimum Gasteiger partial charge on any atom is -0.378 e. The van der Waals surface area contributed by atoms with Gasteiger partial charge >= 0.3 is 0 Å². The molecule has 122 valence electrons. The molecule has 0 amide bonds. The van der Waals surface area contributed by atoms with E-state index in [4.69, 9.17) is 16.3 Å². The van der Waals surface area contributed by atoms with Gasteiger partial charge in [-0.15, -0.1) is 10.2 Å². The molecule has 3 rings (SSSR count). The summed E-state index contributed by atoms with van der Waals surface area (Å²) in [5.74, 6) is 0.830. The van der Waals surface area contributed by atoms with Gasteiger partial charge in [-0.3, -0.25) is 4.72 Å². The summed E-state index contributed by atoms with van der Waals surface area (Å²) in [6, 6.07) is 9.52. The summed E-state index contributed by atoms with van der Waals surface area (Å²) < 4.78 is 32.3. The third-order valence-corrected chi connectivity index (χ3v) is 5.21. The number of hydrogen-bond donors (Lipinski definition) is 1. The molecule has 0 bridgehead atoms. The predicted molar refractivity (Wildman–Crippen MR) is 87.3 cm³/mol. The third-order valence-electron chi connectivity index (χ3n) is 3.35. The van der Waals surface area contributed by atoms with Crippen LogP contribution in [-0.4, -0.2) is 44.9 Å². The van der Waals surface area contributed by atoms with E-state index in [0.29, 0.717) is 19.0 Å². The van der Waals surface area contributed by atoms with Crippen molar-refractivity contribution < 1.29 is 13.2 Å². The second kappa shape index (κ2) is 6.69. The van der Waals surface area contributed by atoms with Crippen molar-refractivity contribution in [2.45, 2.75) is 4.90 Å². The zero-order chi connectivity index (χ0) is 16.3. The Hall–Kier alpha value is -1.90. The maximum Gasteiger partial charge on any atom is 0.264 e. The number of hydrogen-bond acceptors (Lipinski definition) is 6. The zero-order valence-electron chi connectivity index (χ0n) is 12.1. The molecule has 23 heavy (non-hydrogen) atoms. The number of anilines is 2. The maximum absolute atomic E-state index is 12.3. The number of nitrogens with one attached hydrogen (secondary N) is 1. The average molecular weight is 355 g/mol. The lowest BCUT2D eigenvalue weighted by Crippen LogP contribution is -2.36. The summed E-state index contributed by atoms with van der Waals surface area (Å²) in [5, 5.41) is 8.14. The molecule has 1 aliphatic heterocycles. The first-order valence-corrected chi connectivity index (χ1v) is 8.86. The van der Waals surface area contributed by atoms with Crippen molar-refractivity contribution in [3.05, 3.63) is 41.4 Å². The van der Waals surface area contributed by atoms with Crippen LogP contribution in [0.2, 0.25) is 5.02 Å². The van der Waals surface area contributed by atoms with Crippen molar-refractivity contribution in [3.8, 4) is 0 Å². The van der Waals surface area contributed by atoms with Crippen LogP contribution in [0.5, 0.6) is 0 Å². The van der Waals surface area contributed by atoms with Crippen LogP contribution < -0.4 is 9.62 Å². The van der Waals surface area contributed by atoms with Crippen LogP contribution in [0.3, 0.4) is 0 Å². The van der Waals surface area contributed by atoms with Crippen molar-refractivity contribution in [2.24, 2.45) is 0 Å². The van der Waals surface area contributed by atoms with Crippen LogP contribution in [0.25, 0.3) is 0 Å². The molecule has 2 aromatic rings. The van der Waals surface area contributed by atoms with Crippen molar-refractivity contribution in [2.75, 3.05) is 35.9 Å². The number of ether oxygens (including phenoxy) is 1. The average Bonchev–Trinajstić information content (AvgIpc) is 2.56. The standard InChI is InChI=1S/C14H15ClN4O3S/c15-11-3-1-2-4-12(11)23(20,21)18-13-5-6-14(17-16-13)19-7-9-22-10-8-19/h1-6H,7-10H2,(H,16,18). The van der Waals surface area contributed by atoms with Gasteiger partial charge in [0.1, 0.15) is 4.90 Å². The summed E-state index contributed by atoms with van der Waals surface area (Å²) in [5.41, 5.74) is 0. The van der Waals surface area contributed by atoms with Crippen LogP contribution in [-0.2, 0) is 14.8 Å². The van der Waals surface area contributed by atoms with Gasteiger partial charge in [0.05, 0.1) is 18.2 Å². The smallest absolute Gasteiger partial charge is 0.264 e. The highest BCUT2D eigenvalue weighted by Gasteiger charge is 2.19. The van der Waals surface area contributed by atoms with Gasteiger partial charge in [-0.05, 0) is 24.3 Å². The van der Waals surface area contributed by atoms with E-state index in [1.54, 1.807) is 24.3 Å². The second-order valence-electron chi connectivity index (χ2n) is 4.91. The quantitative estimate of drug-likeness (QED) is 0.900. The van der Waals surface area contributed by atoms with Crippen molar-refractivity contribution in [1.29, 1.82) is 0 Å². The molecule has 7 nitrogen and oxygen atoms in total. The molecule has 0 aliphatic carbocycles. The van der Waals surface area contributed by atoms with Crippen molar-refractivity contribution >= 4 is 33.3 Å². The molecule has 1 saturated heterocycles. The van der Waals surface area contributed by atoms with E-state index in [-0.39, 0.29) is 15.7 Å². The second-order valence-corrected chi connectivity index (χ2v) is 6.97. The Morgan fingerprint density at radius 1 is 1.09 bits per heavy atom. The molecule has 0 saturated carbocycles. The fourth-order valence-electron chi connectivity index (χ4n) is 2.20. The first-order valence-electron chi connectivity index (χ1n) is 7.00. The first kappa shape index (κ1) is 16.0. The molecule has 9 heteroatoms. The summed E-state index contributed by atoms with van der Waals surface area (Å²) in [6.45, 7) is 2.75. The fraction of sp³-hybridized carbons (Fsp3) is 0.286. The molecule has 0 unspecified atom stereocenters. The van der Waals surface area contributed by atoms with Gasteiger partial charge in [0.25, 0.3) is 10.0 Å². The summed E-state index contributed by atoms with van der Waals surface area (Å²) in [7, 11) is -3.80. The van der Waals surface area contributed by atoms with Crippen LogP contribution in [0.4, 0.5) is 11.6 Å². The summed E-state index contributed by atoms with van der Waals surface area (Å²) in [6.07, 6.45) is 0. The first-order chi connectivity index (χ1) is 11.1. The minimum atomic E-state index is -3.80. The number of halogens is 1. The maximum atomic E-state index is 12.3. The lowest BCUT2D eigenvalue weighted by atomic mass is 10.4. The monoisotopic (exact) mass is 354 g/mol. The van der Waals surface area contributed by atoms with Crippen LogP contribution >= 0.6 is 11.6 Å². The molecular weight excluding hydrogens is 340 g/mol. The fourth-order valence-corrected chi connectivity index (χ4v) is 3.71. The van der Waals surface area contributed by atoms with E-state index in [9.17, 15) is 8.42 Å². The van der Waals surface area contributed by atoms with Gasteiger partial charge in [0.15, 0.2) is 11.6 Å². The Kier molecular flexibility index (Phi) is 4.65. The topological polar surface area (TPSA) is 84.4 Å². The molecular formula is C14H15ClN4O3S. The highest BCUT2D eigenvalue weighted by molar-refractivity contribution is 7.92. The zero-order valence-corrected chi connectivity index (χ0v) is 13.7.